The number of phosphoric acid groups is 2. The van der Waals surface area contributed by atoms with E-state index in [4.69, 9.17) is 37.0 Å². The van der Waals surface area contributed by atoms with Crippen molar-refractivity contribution < 1.29 is 80.2 Å². The number of carbonyl (C=O) groups is 4. The molecule has 602 valence electrons. The van der Waals surface area contributed by atoms with E-state index in [1.807, 2.05) is 0 Å². The molecule has 5 atom stereocenters. The predicted octanol–water partition coefficient (Wildman–Crippen LogP) is 24.9. The van der Waals surface area contributed by atoms with E-state index in [9.17, 15) is 43.2 Å². The minimum atomic E-state index is -4.97. The van der Waals surface area contributed by atoms with Crippen LogP contribution in [0, 0.1) is 0 Å². The molecule has 19 heteroatoms. The van der Waals surface area contributed by atoms with Crippen LogP contribution in [-0.4, -0.2) is 96.7 Å². The summed E-state index contributed by atoms with van der Waals surface area (Å²) in [5.74, 6) is -2.13. The van der Waals surface area contributed by atoms with Gasteiger partial charge in [-0.25, -0.2) is 9.13 Å². The van der Waals surface area contributed by atoms with E-state index in [0.717, 1.165) is 103 Å². The Labute approximate surface area is 624 Å². The van der Waals surface area contributed by atoms with Gasteiger partial charge >= 0.3 is 39.5 Å². The quantitative estimate of drug-likeness (QED) is 0.0169. The maximum atomic E-state index is 13.1. The number of phosphoric ester groups is 2. The molecule has 0 rings (SSSR count). The number of esters is 4. The SMILES string of the molecule is CCCCCC/C=C\C=C/CCCCCCCC(=O)O[C@H](COC(=O)CCCCCCCCCCCC)COP(=O)(O)OC[C@H](O)COP(=O)(O)OC[C@@H](COC(=O)CCCCCCCCCCCCCCCCCCC)OC(=O)CCCCCCCCCCCCCCCCCCCCCC. The van der Waals surface area contributed by atoms with Gasteiger partial charge in [-0.2, -0.15) is 0 Å². The van der Waals surface area contributed by atoms with Crippen molar-refractivity contribution in [3.63, 3.8) is 0 Å². The molecule has 0 aliphatic rings. The lowest BCUT2D eigenvalue weighted by atomic mass is 10.0. The van der Waals surface area contributed by atoms with E-state index in [1.54, 1.807) is 0 Å². The highest BCUT2D eigenvalue weighted by molar-refractivity contribution is 7.47. The van der Waals surface area contributed by atoms with Crippen molar-refractivity contribution in [1.29, 1.82) is 0 Å². The third-order valence-electron chi connectivity index (χ3n) is 19.0. The minimum Gasteiger partial charge on any atom is -0.462 e. The molecule has 0 amide bonds. The van der Waals surface area contributed by atoms with Crippen molar-refractivity contribution in [2.75, 3.05) is 39.6 Å². The summed E-state index contributed by atoms with van der Waals surface area (Å²) < 4.78 is 68.7. The number of hydrogen-bond acceptors (Lipinski definition) is 15. The molecule has 0 fully saturated rings. The lowest BCUT2D eigenvalue weighted by Crippen LogP contribution is -2.30. The maximum absolute atomic E-state index is 13.1. The first-order valence-electron chi connectivity index (χ1n) is 42.6. The minimum absolute atomic E-state index is 0.0858. The molecule has 0 heterocycles. The lowest BCUT2D eigenvalue weighted by Gasteiger charge is -2.21. The van der Waals surface area contributed by atoms with Gasteiger partial charge in [0.15, 0.2) is 12.2 Å². The second-order valence-electron chi connectivity index (χ2n) is 29.2. The zero-order valence-electron chi connectivity index (χ0n) is 66.1. The van der Waals surface area contributed by atoms with Crippen molar-refractivity contribution in [1.82, 2.24) is 0 Å². The van der Waals surface area contributed by atoms with E-state index in [2.05, 4.69) is 52.0 Å². The fourth-order valence-electron chi connectivity index (χ4n) is 12.5. The number of unbranched alkanes of at least 4 members (excludes halogenated alkanes) is 53. The summed E-state index contributed by atoms with van der Waals surface area (Å²) in [6, 6.07) is 0. The molecule has 0 saturated carbocycles. The highest BCUT2D eigenvalue weighted by Gasteiger charge is 2.30. The molecule has 0 radical (unpaired) electrons. The Balaban J connectivity index is 5.26. The summed E-state index contributed by atoms with van der Waals surface area (Å²) in [5.41, 5.74) is 0. The number of aliphatic hydroxyl groups excluding tert-OH is 1. The molecular weight excluding hydrogens is 1330 g/mol. The van der Waals surface area contributed by atoms with Gasteiger partial charge in [0.2, 0.25) is 0 Å². The summed E-state index contributed by atoms with van der Waals surface area (Å²) in [5, 5.41) is 10.6. The zero-order valence-corrected chi connectivity index (χ0v) is 67.9. The van der Waals surface area contributed by atoms with Crippen LogP contribution in [0.4, 0.5) is 0 Å². The second kappa shape index (κ2) is 76.7. The Morgan fingerprint density at radius 1 is 0.275 bits per heavy atom. The molecule has 102 heavy (non-hydrogen) atoms. The van der Waals surface area contributed by atoms with Crippen LogP contribution < -0.4 is 0 Å². The van der Waals surface area contributed by atoms with Crippen molar-refractivity contribution in [2.45, 2.75) is 444 Å². The van der Waals surface area contributed by atoms with Crippen LogP contribution in [0.25, 0.3) is 0 Å². The van der Waals surface area contributed by atoms with Gasteiger partial charge in [-0.05, 0) is 51.4 Å². The Kier molecular flexibility index (Phi) is 74.9. The molecule has 0 bridgehead atoms. The van der Waals surface area contributed by atoms with E-state index in [-0.39, 0.29) is 25.7 Å². The van der Waals surface area contributed by atoms with Crippen LogP contribution in [0.1, 0.15) is 426 Å². The van der Waals surface area contributed by atoms with Gasteiger partial charge < -0.3 is 33.8 Å². The Bertz CT molecular complexity index is 2020. The number of aliphatic hydroxyl groups is 1. The molecular formula is C83H158O17P2. The van der Waals surface area contributed by atoms with Crippen LogP contribution in [0.2, 0.25) is 0 Å². The highest BCUT2D eigenvalue weighted by atomic mass is 31.2. The molecule has 0 saturated heterocycles. The topological polar surface area (TPSA) is 237 Å². The summed E-state index contributed by atoms with van der Waals surface area (Å²) in [7, 11) is -9.93. The van der Waals surface area contributed by atoms with Crippen LogP contribution >= 0.6 is 15.6 Å². The van der Waals surface area contributed by atoms with Crippen LogP contribution in [0.5, 0.6) is 0 Å². The number of hydrogen-bond donors (Lipinski definition) is 3. The van der Waals surface area contributed by atoms with E-state index < -0.39 is 97.5 Å². The van der Waals surface area contributed by atoms with Crippen molar-refractivity contribution in [3.05, 3.63) is 24.3 Å². The number of carbonyl (C=O) groups excluding carboxylic acids is 4. The van der Waals surface area contributed by atoms with Crippen molar-refractivity contribution in [2.24, 2.45) is 0 Å². The number of rotatable bonds is 82. The van der Waals surface area contributed by atoms with E-state index >= 15 is 0 Å². The van der Waals surface area contributed by atoms with Gasteiger partial charge in [-0.3, -0.25) is 37.3 Å². The fourth-order valence-corrected chi connectivity index (χ4v) is 14.0. The monoisotopic (exact) mass is 1490 g/mol. The molecule has 17 nitrogen and oxygen atoms in total. The molecule has 0 aromatic rings. The normalized spacial score (nSPS) is 13.9. The first-order chi connectivity index (χ1) is 49.7. The molecule has 0 spiro atoms. The maximum Gasteiger partial charge on any atom is 0.472 e. The average molecular weight is 1490 g/mol. The fraction of sp³-hybridized carbons (Fsp3) is 0.904. The summed E-state index contributed by atoms with van der Waals surface area (Å²) >= 11 is 0. The molecule has 3 N–H and O–H groups in total. The second-order valence-corrected chi connectivity index (χ2v) is 32.1. The van der Waals surface area contributed by atoms with E-state index in [1.165, 1.54) is 244 Å². The molecule has 0 aliphatic heterocycles. The smallest absolute Gasteiger partial charge is 0.462 e. The van der Waals surface area contributed by atoms with E-state index in [0.29, 0.717) is 25.7 Å². The lowest BCUT2D eigenvalue weighted by molar-refractivity contribution is -0.161. The molecule has 0 aromatic heterocycles. The Hall–Kier alpha value is -2.46. The summed E-state index contributed by atoms with van der Waals surface area (Å²) in [6.07, 6.45) is 73.0. The van der Waals surface area contributed by atoms with Gasteiger partial charge in [0.1, 0.15) is 19.3 Å². The largest absolute Gasteiger partial charge is 0.472 e. The van der Waals surface area contributed by atoms with Gasteiger partial charge in [0.05, 0.1) is 26.4 Å². The predicted molar refractivity (Wildman–Crippen MR) is 418 cm³/mol. The third kappa shape index (κ3) is 75.8. The molecule has 2 unspecified atom stereocenters. The van der Waals surface area contributed by atoms with Crippen molar-refractivity contribution >= 4 is 39.5 Å². The van der Waals surface area contributed by atoms with Crippen LogP contribution in [0.3, 0.4) is 0 Å². The van der Waals surface area contributed by atoms with Crippen molar-refractivity contribution in [3.8, 4) is 0 Å². The Morgan fingerprint density at radius 3 is 0.716 bits per heavy atom. The number of ether oxygens (including phenoxy) is 4. The van der Waals surface area contributed by atoms with Gasteiger partial charge in [-0.15, -0.1) is 0 Å². The average Bonchev–Trinajstić information content (AvgIpc) is 0.939. The number of allylic oxidation sites excluding steroid dienone is 4. The summed E-state index contributed by atoms with van der Waals surface area (Å²) in [6.45, 7) is 4.96. The summed E-state index contributed by atoms with van der Waals surface area (Å²) in [4.78, 5) is 73.0. The third-order valence-corrected chi connectivity index (χ3v) is 20.9. The molecule has 0 aromatic carbocycles. The Morgan fingerprint density at radius 2 is 0.471 bits per heavy atom. The standard InChI is InChI=1S/C83H158O17P2/c1-5-9-13-17-21-25-29-32-35-37-38-39-41-44-47-50-54-58-62-66-70-83(88)100-79(74-94-81(86)68-64-60-56-52-48-45-43-40-36-33-30-26-22-18-14-10-6-2)76-98-102(91,92)96-72-77(84)71-95-101(89,90)97-75-78(73-93-80(85)67-63-59-55-51-28-24-20-16-12-8-4)99-82(87)69-65-61-57-53-49-46-42-34-31-27-23-19-15-11-7-3/h27,31,34,42,77-79,84H,5-26,28-30,32-33,35-41,43-76H2,1-4H3,(H,89,90)(H,91,92)/b31-27-,42-34-/t77-,78+,79+/m0/s1. The van der Waals surface area contributed by atoms with Gasteiger partial charge in [0, 0.05) is 25.7 Å². The molecule has 0 aliphatic carbocycles. The van der Waals surface area contributed by atoms with Gasteiger partial charge in [0.25, 0.3) is 0 Å². The van der Waals surface area contributed by atoms with Crippen LogP contribution in [0.15, 0.2) is 24.3 Å². The van der Waals surface area contributed by atoms with Gasteiger partial charge in [-0.1, -0.05) is 373 Å². The highest BCUT2D eigenvalue weighted by Crippen LogP contribution is 2.45. The van der Waals surface area contributed by atoms with Crippen LogP contribution in [-0.2, 0) is 65.4 Å². The first kappa shape index (κ1) is 99.5. The first-order valence-corrected chi connectivity index (χ1v) is 45.6. The zero-order chi connectivity index (χ0) is 74.6.